The highest BCUT2D eigenvalue weighted by molar-refractivity contribution is 5.87. The molecule has 0 saturated heterocycles. The van der Waals surface area contributed by atoms with Gasteiger partial charge in [-0.2, -0.15) is 0 Å². The summed E-state index contributed by atoms with van der Waals surface area (Å²) in [5.74, 6) is -0.00414. The molecule has 1 saturated carbocycles. The first kappa shape index (κ1) is 22.3. The van der Waals surface area contributed by atoms with Gasteiger partial charge in [-0.1, -0.05) is 97.0 Å². The third-order valence-electron chi connectivity index (χ3n) is 5.99. The molecule has 0 aromatic heterocycles. The van der Waals surface area contributed by atoms with E-state index in [2.05, 4.69) is 19.9 Å². The van der Waals surface area contributed by atoms with Gasteiger partial charge in [-0.05, 0) is 37.5 Å². The summed E-state index contributed by atoms with van der Waals surface area (Å²) < 4.78 is 0. The molecule has 0 spiro atoms. The topological polar surface area (TPSA) is 37.3 Å². The Hall–Kier alpha value is -0.790. The molecule has 1 aliphatic carbocycles. The van der Waals surface area contributed by atoms with Crippen LogP contribution in [0.25, 0.3) is 0 Å². The fourth-order valence-electron chi connectivity index (χ4n) is 4.26. The van der Waals surface area contributed by atoms with Crippen LogP contribution in [0.4, 0.5) is 0 Å². The van der Waals surface area contributed by atoms with Gasteiger partial charge in [0.1, 0.15) is 0 Å². The Labute approximate surface area is 156 Å². The van der Waals surface area contributed by atoms with E-state index in [-0.39, 0.29) is 5.92 Å². The van der Waals surface area contributed by atoms with Gasteiger partial charge in [-0.15, -0.1) is 0 Å². The molecule has 0 aromatic carbocycles. The van der Waals surface area contributed by atoms with Gasteiger partial charge in [-0.3, -0.25) is 0 Å². The van der Waals surface area contributed by atoms with Crippen molar-refractivity contribution in [3.63, 3.8) is 0 Å². The number of carboxylic acids is 1. The van der Waals surface area contributed by atoms with E-state index in [9.17, 15) is 9.90 Å². The fourth-order valence-corrected chi connectivity index (χ4v) is 4.26. The number of rotatable bonds is 5. The number of aliphatic carboxylic acids is 1. The molecule has 1 fully saturated rings. The molecule has 2 nitrogen and oxygen atoms in total. The van der Waals surface area contributed by atoms with Crippen LogP contribution in [0.1, 0.15) is 117 Å². The van der Waals surface area contributed by atoms with Gasteiger partial charge < -0.3 is 5.11 Å². The maximum atomic E-state index is 11.8. The molecule has 1 N–H and O–H groups in total. The Morgan fingerprint density at radius 2 is 1.16 bits per heavy atom. The van der Waals surface area contributed by atoms with Gasteiger partial charge in [0.15, 0.2) is 0 Å². The zero-order chi connectivity index (χ0) is 18.3. The Kier molecular flexibility index (Phi) is 12.8. The highest BCUT2D eigenvalue weighted by Crippen LogP contribution is 2.27. The van der Waals surface area contributed by atoms with Crippen molar-refractivity contribution in [1.29, 1.82) is 0 Å². The van der Waals surface area contributed by atoms with Crippen LogP contribution in [0.2, 0.25) is 0 Å². The maximum absolute atomic E-state index is 11.8. The molecule has 25 heavy (non-hydrogen) atoms. The molecule has 0 unspecified atom stereocenters. The van der Waals surface area contributed by atoms with Crippen LogP contribution in [-0.2, 0) is 4.79 Å². The van der Waals surface area contributed by atoms with E-state index in [0.717, 1.165) is 12.8 Å². The van der Waals surface area contributed by atoms with Crippen LogP contribution >= 0.6 is 0 Å². The lowest BCUT2D eigenvalue weighted by molar-refractivity contribution is -0.133. The monoisotopic (exact) mass is 350 g/mol. The smallest absolute Gasteiger partial charge is 0.331 e. The van der Waals surface area contributed by atoms with Gasteiger partial charge in [0.2, 0.25) is 0 Å². The van der Waals surface area contributed by atoms with Crippen molar-refractivity contribution in [3.05, 3.63) is 11.6 Å². The predicted octanol–water partition coefficient (Wildman–Crippen LogP) is 7.52. The normalized spacial score (nSPS) is 20.8. The Bertz CT molecular complexity index is 352. The summed E-state index contributed by atoms with van der Waals surface area (Å²) in [4.78, 5) is 11.8. The highest BCUT2D eigenvalue weighted by Gasteiger charge is 2.19. The minimum Gasteiger partial charge on any atom is -0.478 e. The summed E-state index contributed by atoms with van der Waals surface area (Å²) in [5.41, 5.74) is 0.688. The lowest BCUT2D eigenvalue weighted by Gasteiger charge is -2.18. The second kappa shape index (κ2) is 14.4. The molecule has 0 radical (unpaired) electrons. The number of allylic oxidation sites excluding steroid dienone is 1. The lowest BCUT2D eigenvalue weighted by atomic mass is 9.87. The first-order valence-corrected chi connectivity index (χ1v) is 11.1. The van der Waals surface area contributed by atoms with Crippen LogP contribution in [-0.4, -0.2) is 11.1 Å². The number of hydrogen-bond donors (Lipinski definition) is 1. The van der Waals surface area contributed by atoms with Crippen molar-refractivity contribution < 1.29 is 9.90 Å². The molecule has 0 atom stereocenters. The maximum Gasteiger partial charge on any atom is 0.331 e. The van der Waals surface area contributed by atoms with E-state index in [1.165, 1.54) is 89.9 Å². The first-order valence-electron chi connectivity index (χ1n) is 11.1. The molecular weight excluding hydrogens is 308 g/mol. The van der Waals surface area contributed by atoms with Crippen LogP contribution < -0.4 is 0 Å². The summed E-state index contributed by atoms with van der Waals surface area (Å²) in [6.45, 7) is 4.23. The minimum absolute atomic E-state index is 0.217. The molecule has 1 aliphatic rings. The van der Waals surface area contributed by atoms with Crippen molar-refractivity contribution in [2.75, 3.05) is 0 Å². The zero-order valence-corrected chi connectivity index (χ0v) is 16.9. The molecule has 0 amide bonds. The quantitative estimate of drug-likeness (QED) is 0.520. The molecule has 0 aromatic rings. The lowest BCUT2D eigenvalue weighted by Crippen LogP contribution is -2.14. The molecule has 0 bridgehead atoms. The standard InChI is InChI=1S/C23H42O2/c1-3-21(4-2)22(23(24)25)19-20-17-15-13-11-9-7-5-6-8-10-12-14-16-18-20/h19-21H,3-18H2,1-2H3,(H,24,25). The summed E-state index contributed by atoms with van der Waals surface area (Å²) in [6, 6.07) is 0. The van der Waals surface area contributed by atoms with Crippen molar-refractivity contribution in [2.45, 2.75) is 117 Å². The van der Waals surface area contributed by atoms with E-state index in [4.69, 9.17) is 0 Å². The van der Waals surface area contributed by atoms with Crippen molar-refractivity contribution in [1.82, 2.24) is 0 Å². The summed E-state index contributed by atoms with van der Waals surface area (Å²) in [5, 5.41) is 9.68. The minimum atomic E-state index is -0.690. The third-order valence-corrected chi connectivity index (χ3v) is 5.99. The van der Waals surface area contributed by atoms with Crippen LogP contribution in [0.5, 0.6) is 0 Å². The van der Waals surface area contributed by atoms with E-state index in [1.54, 1.807) is 0 Å². The molecular formula is C23H42O2. The average Bonchev–Trinajstić information content (AvgIpc) is 2.61. The second-order valence-corrected chi connectivity index (χ2v) is 8.02. The van der Waals surface area contributed by atoms with Crippen molar-refractivity contribution in [2.24, 2.45) is 11.8 Å². The van der Waals surface area contributed by atoms with E-state index in [1.807, 2.05) is 0 Å². The molecule has 0 aliphatic heterocycles. The zero-order valence-electron chi connectivity index (χ0n) is 16.9. The van der Waals surface area contributed by atoms with Crippen LogP contribution in [0, 0.1) is 11.8 Å². The Morgan fingerprint density at radius 3 is 1.48 bits per heavy atom. The van der Waals surface area contributed by atoms with Gasteiger partial charge in [0, 0.05) is 5.57 Å². The SMILES string of the molecule is CCC(CC)C(=CC1CCCCCCCCCCCCCC1)C(=O)O. The third kappa shape index (κ3) is 10.1. The van der Waals surface area contributed by atoms with Gasteiger partial charge in [0.05, 0.1) is 0 Å². The molecule has 1 rings (SSSR count). The Morgan fingerprint density at radius 1 is 0.800 bits per heavy atom. The van der Waals surface area contributed by atoms with Crippen molar-refractivity contribution in [3.8, 4) is 0 Å². The molecule has 146 valence electrons. The summed E-state index contributed by atoms with van der Waals surface area (Å²) in [7, 11) is 0. The van der Waals surface area contributed by atoms with Gasteiger partial charge in [0.25, 0.3) is 0 Å². The fraction of sp³-hybridized carbons (Fsp3) is 0.870. The van der Waals surface area contributed by atoms with Gasteiger partial charge in [-0.25, -0.2) is 4.79 Å². The largest absolute Gasteiger partial charge is 0.478 e. The van der Waals surface area contributed by atoms with Crippen LogP contribution in [0.3, 0.4) is 0 Å². The number of carbonyl (C=O) groups is 1. The van der Waals surface area contributed by atoms with Crippen molar-refractivity contribution >= 4 is 5.97 Å². The Balaban J connectivity index is 2.68. The van der Waals surface area contributed by atoms with E-state index < -0.39 is 5.97 Å². The predicted molar refractivity (Wildman–Crippen MR) is 108 cm³/mol. The number of carboxylic acid groups (broad SMARTS) is 1. The summed E-state index contributed by atoms with van der Waals surface area (Å²) >= 11 is 0. The molecule has 2 heteroatoms. The molecule has 0 heterocycles. The second-order valence-electron chi connectivity index (χ2n) is 8.02. The first-order chi connectivity index (χ1) is 12.2. The number of hydrogen-bond acceptors (Lipinski definition) is 1. The summed E-state index contributed by atoms with van der Waals surface area (Å²) in [6.07, 6.45) is 22.7. The average molecular weight is 351 g/mol. The van der Waals surface area contributed by atoms with Crippen LogP contribution in [0.15, 0.2) is 11.6 Å². The van der Waals surface area contributed by atoms with E-state index >= 15 is 0 Å². The van der Waals surface area contributed by atoms with Gasteiger partial charge >= 0.3 is 5.97 Å². The van der Waals surface area contributed by atoms with E-state index in [0.29, 0.717) is 11.5 Å². The highest BCUT2D eigenvalue weighted by atomic mass is 16.4.